The highest BCUT2D eigenvalue weighted by molar-refractivity contribution is 7.99. The maximum Gasteiger partial charge on any atom is 0.407 e. The van der Waals surface area contributed by atoms with E-state index in [-0.39, 0.29) is 6.09 Å². The first-order chi connectivity index (χ1) is 9.40. The van der Waals surface area contributed by atoms with Crippen LogP contribution in [0.2, 0.25) is 0 Å². The molecule has 2 unspecified atom stereocenters. The molecule has 0 aromatic rings. The van der Waals surface area contributed by atoms with Crippen LogP contribution in [-0.4, -0.2) is 41.8 Å². The third kappa shape index (κ3) is 8.00. The Labute approximate surface area is 127 Å². The lowest BCUT2D eigenvalue weighted by molar-refractivity contribution is 0.0521. The molecule has 1 saturated heterocycles. The average Bonchev–Trinajstić information content (AvgIpc) is 2.35. The molecule has 1 rings (SSSR count). The molecular formula is C15H30N2O2S. The Morgan fingerprint density at radius 2 is 2.20 bits per heavy atom. The molecule has 4 nitrogen and oxygen atoms in total. The number of amides is 1. The van der Waals surface area contributed by atoms with Crippen molar-refractivity contribution in [3.8, 4) is 0 Å². The second-order valence-corrected chi connectivity index (χ2v) is 7.60. The second-order valence-electron chi connectivity index (χ2n) is 6.45. The molecule has 5 heteroatoms. The number of rotatable bonds is 6. The minimum Gasteiger partial charge on any atom is -0.444 e. The first-order valence-corrected chi connectivity index (χ1v) is 8.87. The monoisotopic (exact) mass is 302 g/mol. The van der Waals surface area contributed by atoms with Crippen molar-refractivity contribution < 1.29 is 9.53 Å². The highest BCUT2D eigenvalue weighted by Crippen LogP contribution is 2.17. The standard InChI is InChI=1S/C15H30N2O2S/c1-5-7-12(17-13-8-6-9-20-11-13)10-16-14(18)19-15(2,3)4/h12-13,17H,5-11H2,1-4H3,(H,16,18). The summed E-state index contributed by atoms with van der Waals surface area (Å²) in [6, 6.07) is 0.932. The summed E-state index contributed by atoms with van der Waals surface area (Å²) in [7, 11) is 0. The normalized spacial score (nSPS) is 21.3. The third-order valence-electron chi connectivity index (χ3n) is 3.16. The van der Waals surface area contributed by atoms with Crippen molar-refractivity contribution >= 4 is 17.9 Å². The fraction of sp³-hybridized carbons (Fsp3) is 0.933. The van der Waals surface area contributed by atoms with Gasteiger partial charge >= 0.3 is 6.09 Å². The molecule has 1 aliphatic heterocycles. The van der Waals surface area contributed by atoms with Crippen molar-refractivity contribution in [1.29, 1.82) is 0 Å². The van der Waals surface area contributed by atoms with Crippen LogP contribution >= 0.6 is 11.8 Å². The van der Waals surface area contributed by atoms with Gasteiger partial charge in [-0.05, 0) is 45.8 Å². The maximum absolute atomic E-state index is 11.7. The predicted molar refractivity (Wildman–Crippen MR) is 86.4 cm³/mol. The summed E-state index contributed by atoms with van der Waals surface area (Å²) >= 11 is 2.02. The minimum atomic E-state index is -0.433. The molecule has 0 aromatic heterocycles. The van der Waals surface area contributed by atoms with E-state index in [4.69, 9.17) is 4.74 Å². The van der Waals surface area contributed by atoms with Gasteiger partial charge in [0.1, 0.15) is 5.60 Å². The van der Waals surface area contributed by atoms with E-state index in [0.29, 0.717) is 18.6 Å². The largest absolute Gasteiger partial charge is 0.444 e. The fourth-order valence-electron chi connectivity index (χ4n) is 2.32. The van der Waals surface area contributed by atoms with E-state index < -0.39 is 5.60 Å². The van der Waals surface area contributed by atoms with Gasteiger partial charge in [0, 0.05) is 24.4 Å². The quantitative estimate of drug-likeness (QED) is 0.791. The molecule has 0 radical (unpaired) electrons. The van der Waals surface area contributed by atoms with Crippen LogP contribution in [0.3, 0.4) is 0 Å². The number of ether oxygens (including phenoxy) is 1. The lowest BCUT2D eigenvalue weighted by Gasteiger charge is -2.28. The Kier molecular flexibility index (Phi) is 7.74. The van der Waals surface area contributed by atoms with Crippen LogP contribution in [0.4, 0.5) is 4.79 Å². The van der Waals surface area contributed by atoms with E-state index in [2.05, 4.69) is 17.6 Å². The van der Waals surface area contributed by atoms with E-state index in [1.807, 2.05) is 32.5 Å². The van der Waals surface area contributed by atoms with E-state index in [9.17, 15) is 4.79 Å². The third-order valence-corrected chi connectivity index (χ3v) is 4.38. The van der Waals surface area contributed by atoms with Gasteiger partial charge in [-0.3, -0.25) is 0 Å². The van der Waals surface area contributed by atoms with Gasteiger partial charge in [-0.15, -0.1) is 0 Å². The van der Waals surface area contributed by atoms with Gasteiger partial charge in [0.15, 0.2) is 0 Å². The summed E-state index contributed by atoms with van der Waals surface area (Å²) in [6.45, 7) is 8.47. The van der Waals surface area contributed by atoms with Gasteiger partial charge in [-0.25, -0.2) is 4.79 Å². The highest BCUT2D eigenvalue weighted by Gasteiger charge is 2.20. The van der Waals surface area contributed by atoms with Gasteiger partial charge in [-0.1, -0.05) is 13.3 Å². The fourth-order valence-corrected chi connectivity index (χ4v) is 3.40. The molecule has 1 heterocycles. The Balaban J connectivity index is 2.32. The average molecular weight is 302 g/mol. The summed E-state index contributed by atoms with van der Waals surface area (Å²) in [5, 5.41) is 6.57. The van der Waals surface area contributed by atoms with Crippen LogP contribution in [0.1, 0.15) is 53.4 Å². The Hall–Kier alpha value is -0.420. The van der Waals surface area contributed by atoms with Crippen molar-refractivity contribution in [3.63, 3.8) is 0 Å². The van der Waals surface area contributed by atoms with E-state index in [1.54, 1.807) is 0 Å². The highest BCUT2D eigenvalue weighted by atomic mass is 32.2. The van der Waals surface area contributed by atoms with Crippen molar-refractivity contribution in [2.75, 3.05) is 18.1 Å². The zero-order valence-electron chi connectivity index (χ0n) is 13.3. The van der Waals surface area contributed by atoms with Crippen molar-refractivity contribution in [2.45, 2.75) is 71.1 Å². The molecule has 0 saturated carbocycles. The number of hydrogen-bond acceptors (Lipinski definition) is 4. The van der Waals surface area contributed by atoms with Crippen molar-refractivity contribution in [1.82, 2.24) is 10.6 Å². The Morgan fingerprint density at radius 3 is 2.75 bits per heavy atom. The summed E-state index contributed by atoms with van der Waals surface area (Å²) in [4.78, 5) is 11.7. The zero-order chi connectivity index (χ0) is 15.0. The molecular weight excluding hydrogens is 272 g/mol. The molecule has 118 valence electrons. The summed E-state index contributed by atoms with van der Waals surface area (Å²) in [6.07, 6.45) is 4.42. The van der Waals surface area contributed by atoms with Crippen LogP contribution in [0.25, 0.3) is 0 Å². The van der Waals surface area contributed by atoms with Crippen LogP contribution in [-0.2, 0) is 4.74 Å². The summed E-state index contributed by atoms with van der Waals surface area (Å²) in [5.74, 6) is 2.47. The molecule has 1 amide bonds. The molecule has 1 aliphatic rings. The summed E-state index contributed by atoms with van der Waals surface area (Å²) in [5.41, 5.74) is -0.433. The molecule has 0 bridgehead atoms. The van der Waals surface area contributed by atoms with Gasteiger partial charge < -0.3 is 15.4 Å². The molecule has 2 atom stereocenters. The Bertz CT molecular complexity index is 286. The van der Waals surface area contributed by atoms with Crippen molar-refractivity contribution in [3.05, 3.63) is 0 Å². The van der Waals surface area contributed by atoms with Gasteiger partial charge in [0.2, 0.25) is 0 Å². The maximum atomic E-state index is 11.7. The number of carbonyl (C=O) groups excluding carboxylic acids is 1. The first kappa shape index (κ1) is 17.6. The van der Waals surface area contributed by atoms with Gasteiger partial charge in [0.25, 0.3) is 0 Å². The number of thioether (sulfide) groups is 1. The smallest absolute Gasteiger partial charge is 0.407 e. The van der Waals surface area contributed by atoms with Crippen LogP contribution in [0.5, 0.6) is 0 Å². The van der Waals surface area contributed by atoms with Gasteiger partial charge in [-0.2, -0.15) is 11.8 Å². The molecule has 0 aromatic carbocycles. The van der Waals surface area contributed by atoms with Crippen LogP contribution in [0, 0.1) is 0 Å². The molecule has 0 spiro atoms. The van der Waals surface area contributed by atoms with Gasteiger partial charge in [0.05, 0.1) is 0 Å². The number of hydrogen-bond donors (Lipinski definition) is 2. The minimum absolute atomic E-state index is 0.321. The topological polar surface area (TPSA) is 50.4 Å². The van der Waals surface area contributed by atoms with E-state index in [0.717, 1.165) is 12.8 Å². The van der Waals surface area contributed by atoms with E-state index in [1.165, 1.54) is 24.3 Å². The number of nitrogens with one attached hydrogen (secondary N) is 2. The van der Waals surface area contributed by atoms with Crippen LogP contribution in [0.15, 0.2) is 0 Å². The van der Waals surface area contributed by atoms with Crippen molar-refractivity contribution in [2.24, 2.45) is 0 Å². The van der Waals surface area contributed by atoms with Crippen LogP contribution < -0.4 is 10.6 Å². The Morgan fingerprint density at radius 1 is 1.45 bits per heavy atom. The SMILES string of the molecule is CCCC(CNC(=O)OC(C)(C)C)NC1CCCSC1. The molecule has 20 heavy (non-hydrogen) atoms. The number of alkyl carbamates (subject to hydrolysis) is 1. The first-order valence-electron chi connectivity index (χ1n) is 7.71. The number of carbonyl (C=O) groups is 1. The second kappa shape index (κ2) is 8.78. The zero-order valence-corrected chi connectivity index (χ0v) is 14.1. The predicted octanol–water partition coefficient (Wildman–Crippen LogP) is 3.17. The molecule has 0 aliphatic carbocycles. The molecule has 2 N–H and O–H groups in total. The lowest BCUT2D eigenvalue weighted by atomic mass is 10.1. The summed E-state index contributed by atoms with van der Waals surface area (Å²) < 4.78 is 5.27. The molecule has 1 fully saturated rings. The van der Waals surface area contributed by atoms with E-state index >= 15 is 0 Å². The lowest BCUT2D eigenvalue weighted by Crippen LogP contribution is -2.47.